The predicted molar refractivity (Wildman–Crippen MR) is 58.8 cm³/mol. The van der Waals surface area contributed by atoms with Crippen LogP contribution < -0.4 is 0 Å². The molecule has 0 saturated heterocycles. The maximum Gasteiger partial charge on any atom is 0.176 e. The summed E-state index contributed by atoms with van der Waals surface area (Å²) in [5.41, 5.74) is 2.35. The van der Waals surface area contributed by atoms with Gasteiger partial charge in [-0.3, -0.25) is 4.68 Å². The van der Waals surface area contributed by atoms with Crippen LogP contribution in [0.25, 0.3) is 0 Å². The summed E-state index contributed by atoms with van der Waals surface area (Å²) >= 11 is 0. The lowest BCUT2D eigenvalue weighted by atomic mass is 10.2. The van der Waals surface area contributed by atoms with E-state index in [9.17, 15) is 0 Å². The van der Waals surface area contributed by atoms with Crippen molar-refractivity contribution in [2.24, 2.45) is 0 Å². The fraction of sp³-hybridized carbons (Fsp3) is 0.727. The minimum atomic E-state index is -0.222. The summed E-state index contributed by atoms with van der Waals surface area (Å²) in [5.74, 6) is 0. The van der Waals surface area contributed by atoms with Crippen molar-refractivity contribution < 1.29 is 9.47 Å². The Morgan fingerprint density at radius 2 is 1.93 bits per heavy atom. The molecule has 0 N–H and O–H groups in total. The van der Waals surface area contributed by atoms with Crippen LogP contribution in [0.2, 0.25) is 0 Å². The molecular weight excluding hydrogens is 192 g/mol. The standard InChI is InChI=1S/C11H20N2O2/c1-5-9-7-10(6-2)13(12-9)8-11(14-3)15-4/h7,11H,5-6,8H2,1-4H3. The molecule has 0 spiro atoms. The van der Waals surface area contributed by atoms with Crippen LogP contribution in [0.1, 0.15) is 25.2 Å². The predicted octanol–water partition coefficient (Wildman–Crippen LogP) is 1.63. The molecule has 0 bridgehead atoms. The van der Waals surface area contributed by atoms with Gasteiger partial charge in [0.1, 0.15) is 0 Å². The Morgan fingerprint density at radius 3 is 2.40 bits per heavy atom. The van der Waals surface area contributed by atoms with Crippen LogP contribution in [0.5, 0.6) is 0 Å². The second-order valence-electron chi connectivity index (χ2n) is 3.42. The average molecular weight is 212 g/mol. The summed E-state index contributed by atoms with van der Waals surface area (Å²) in [6.07, 6.45) is 1.72. The average Bonchev–Trinajstić information content (AvgIpc) is 2.68. The van der Waals surface area contributed by atoms with Gasteiger partial charge in [0.15, 0.2) is 6.29 Å². The van der Waals surface area contributed by atoms with Gasteiger partial charge in [-0.05, 0) is 18.9 Å². The van der Waals surface area contributed by atoms with Crippen molar-refractivity contribution in [1.82, 2.24) is 9.78 Å². The minimum absolute atomic E-state index is 0.222. The van der Waals surface area contributed by atoms with Crippen molar-refractivity contribution in [3.05, 3.63) is 17.5 Å². The second-order valence-corrected chi connectivity index (χ2v) is 3.42. The van der Waals surface area contributed by atoms with Gasteiger partial charge in [0.05, 0.1) is 12.2 Å². The highest BCUT2D eigenvalue weighted by Crippen LogP contribution is 2.08. The van der Waals surface area contributed by atoms with Crippen LogP contribution in [0.15, 0.2) is 6.07 Å². The molecule has 0 unspecified atom stereocenters. The van der Waals surface area contributed by atoms with E-state index in [1.807, 2.05) is 4.68 Å². The first-order valence-corrected chi connectivity index (χ1v) is 5.36. The summed E-state index contributed by atoms with van der Waals surface area (Å²) in [4.78, 5) is 0. The molecule has 0 aliphatic heterocycles. The lowest BCUT2D eigenvalue weighted by Crippen LogP contribution is -2.22. The quantitative estimate of drug-likeness (QED) is 0.672. The first kappa shape index (κ1) is 12.2. The summed E-state index contributed by atoms with van der Waals surface area (Å²) in [6.45, 7) is 4.88. The largest absolute Gasteiger partial charge is 0.354 e. The number of methoxy groups -OCH3 is 2. The topological polar surface area (TPSA) is 36.3 Å². The molecular formula is C11H20N2O2. The number of hydrogen-bond donors (Lipinski definition) is 0. The molecule has 86 valence electrons. The maximum absolute atomic E-state index is 5.16. The molecule has 0 aromatic carbocycles. The third-order valence-electron chi connectivity index (χ3n) is 2.49. The lowest BCUT2D eigenvalue weighted by molar-refractivity contribution is -0.112. The third-order valence-corrected chi connectivity index (χ3v) is 2.49. The Hall–Kier alpha value is -0.870. The van der Waals surface area contributed by atoms with E-state index in [4.69, 9.17) is 9.47 Å². The van der Waals surface area contributed by atoms with Gasteiger partial charge < -0.3 is 9.47 Å². The molecule has 15 heavy (non-hydrogen) atoms. The number of rotatable bonds is 6. The van der Waals surface area contributed by atoms with Crippen LogP contribution in [0, 0.1) is 0 Å². The van der Waals surface area contributed by atoms with Crippen molar-refractivity contribution >= 4 is 0 Å². The van der Waals surface area contributed by atoms with Gasteiger partial charge in [-0.25, -0.2) is 0 Å². The van der Waals surface area contributed by atoms with Crippen LogP contribution in [-0.4, -0.2) is 30.3 Å². The smallest absolute Gasteiger partial charge is 0.176 e. The molecule has 4 nitrogen and oxygen atoms in total. The highest BCUT2D eigenvalue weighted by molar-refractivity contribution is 5.10. The van der Waals surface area contributed by atoms with E-state index >= 15 is 0 Å². The molecule has 0 fully saturated rings. The Labute approximate surface area is 91.2 Å². The zero-order valence-electron chi connectivity index (χ0n) is 9.99. The zero-order chi connectivity index (χ0) is 11.3. The van der Waals surface area contributed by atoms with Gasteiger partial charge in [-0.2, -0.15) is 5.10 Å². The van der Waals surface area contributed by atoms with E-state index in [2.05, 4.69) is 25.0 Å². The number of aromatic nitrogens is 2. The molecule has 1 aromatic heterocycles. The number of aryl methyl sites for hydroxylation is 2. The minimum Gasteiger partial charge on any atom is -0.354 e. The Bertz CT molecular complexity index is 293. The highest BCUT2D eigenvalue weighted by Gasteiger charge is 2.11. The summed E-state index contributed by atoms with van der Waals surface area (Å²) in [6, 6.07) is 2.14. The molecule has 0 atom stereocenters. The van der Waals surface area contributed by atoms with E-state index in [1.165, 1.54) is 5.69 Å². The summed E-state index contributed by atoms with van der Waals surface area (Å²) in [7, 11) is 3.29. The number of nitrogens with zero attached hydrogens (tertiary/aromatic N) is 2. The first-order chi connectivity index (χ1) is 7.24. The summed E-state index contributed by atoms with van der Waals surface area (Å²) < 4.78 is 12.3. The van der Waals surface area contributed by atoms with Crippen molar-refractivity contribution in [1.29, 1.82) is 0 Å². The van der Waals surface area contributed by atoms with Crippen LogP contribution in [0.4, 0.5) is 0 Å². The van der Waals surface area contributed by atoms with Crippen molar-refractivity contribution in [3.63, 3.8) is 0 Å². The fourth-order valence-electron chi connectivity index (χ4n) is 1.52. The summed E-state index contributed by atoms with van der Waals surface area (Å²) in [5, 5.41) is 4.49. The van der Waals surface area contributed by atoms with Crippen LogP contribution >= 0.6 is 0 Å². The van der Waals surface area contributed by atoms with Gasteiger partial charge in [0.25, 0.3) is 0 Å². The number of ether oxygens (including phenoxy) is 2. The molecule has 0 saturated carbocycles. The van der Waals surface area contributed by atoms with E-state index in [0.29, 0.717) is 6.54 Å². The monoisotopic (exact) mass is 212 g/mol. The SMILES string of the molecule is CCc1cc(CC)n(CC(OC)OC)n1. The molecule has 1 aromatic rings. The third kappa shape index (κ3) is 3.04. The van der Waals surface area contributed by atoms with E-state index in [0.717, 1.165) is 18.5 Å². The molecule has 0 aliphatic rings. The fourth-order valence-corrected chi connectivity index (χ4v) is 1.52. The molecule has 1 heterocycles. The van der Waals surface area contributed by atoms with Crippen molar-refractivity contribution in [3.8, 4) is 0 Å². The molecule has 0 aliphatic carbocycles. The van der Waals surface area contributed by atoms with Gasteiger partial charge in [-0.15, -0.1) is 0 Å². The Morgan fingerprint density at radius 1 is 1.27 bits per heavy atom. The van der Waals surface area contributed by atoms with E-state index in [-0.39, 0.29) is 6.29 Å². The van der Waals surface area contributed by atoms with Crippen LogP contribution in [0.3, 0.4) is 0 Å². The van der Waals surface area contributed by atoms with Gasteiger partial charge in [-0.1, -0.05) is 13.8 Å². The van der Waals surface area contributed by atoms with Gasteiger partial charge >= 0.3 is 0 Å². The highest BCUT2D eigenvalue weighted by atomic mass is 16.7. The van der Waals surface area contributed by atoms with Gasteiger partial charge in [0.2, 0.25) is 0 Å². The normalized spacial score (nSPS) is 11.3. The maximum atomic E-state index is 5.16. The van der Waals surface area contributed by atoms with E-state index < -0.39 is 0 Å². The second kappa shape index (κ2) is 5.88. The molecule has 1 rings (SSSR count). The lowest BCUT2D eigenvalue weighted by Gasteiger charge is -2.14. The molecule has 4 heteroatoms. The van der Waals surface area contributed by atoms with E-state index in [1.54, 1.807) is 14.2 Å². The Balaban J connectivity index is 2.77. The van der Waals surface area contributed by atoms with Crippen LogP contribution in [-0.2, 0) is 28.9 Å². The molecule has 0 amide bonds. The van der Waals surface area contributed by atoms with Gasteiger partial charge in [0, 0.05) is 19.9 Å². The zero-order valence-corrected chi connectivity index (χ0v) is 9.99. The Kier molecular flexibility index (Phi) is 4.78. The van der Waals surface area contributed by atoms with Crippen molar-refractivity contribution in [2.75, 3.05) is 14.2 Å². The first-order valence-electron chi connectivity index (χ1n) is 5.36. The molecule has 0 radical (unpaired) electrons. The number of hydrogen-bond acceptors (Lipinski definition) is 3. The van der Waals surface area contributed by atoms with Crippen molar-refractivity contribution in [2.45, 2.75) is 39.5 Å².